The highest BCUT2D eigenvalue weighted by atomic mass is 19.4. The summed E-state index contributed by atoms with van der Waals surface area (Å²) < 4.78 is 56.2. The second-order valence-corrected chi connectivity index (χ2v) is 5.05. The van der Waals surface area contributed by atoms with Crippen molar-refractivity contribution in [1.82, 2.24) is 14.8 Å². The largest absolute Gasteiger partial charge is 0.489 e. The smallest absolute Gasteiger partial charge is 0.396 e. The number of nitrogens with zero attached hydrogens (tertiary/aromatic N) is 3. The standard InChI is InChI=1S/C15H16F4N4O/c1-23-13(6-15(17,18)19)21-14(22-23)11-2-4-12(5-3-11)24-9-10(7-16)8-20/h2-5,7H,6,8-9,20H2,1H3/b10-7-. The zero-order valence-electron chi connectivity index (χ0n) is 12.8. The van der Waals surface area contributed by atoms with Gasteiger partial charge in [-0.1, -0.05) is 0 Å². The second-order valence-electron chi connectivity index (χ2n) is 5.05. The Morgan fingerprint density at radius 2 is 1.96 bits per heavy atom. The highest BCUT2D eigenvalue weighted by molar-refractivity contribution is 5.55. The van der Waals surface area contributed by atoms with Crippen LogP contribution in [0.3, 0.4) is 0 Å². The maximum Gasteiger partial charge on any atom is 0.396 e. The molecule has 130 valence electrons. The van der Waals surface area contributed by atoms with Crippen molar-refractivity contribution in [2.24, 2.45) is 12.8 Å². The highest BCUT2D eigenvalue weighted by Crippen LogP contribution is 2.23. The molecule has 0 aliphatic rings. The molecule has 2 rings (SSSR count). The van der Waals surface area contributed by atoms with Gasteiger partial charge in [0.05, 0.1) is 6.33 Å². The summed E-state index contributed by atoms with van der Waals surface area (Å²) in [5.74, 6) is 0.492. The molecule has 1 aromatic carbocycles. The number of aromatic nitrogens is 3. The predicted octanol–water partition coefficient (Wildman–Crippen LogP) is 2.78. The van der Waals surface area contributed by atoms with E-state index in [0.29, 0.717) is 23.2 Å². The fourth-order valence-corrected chi connectivity index (χ4v) is 1.88. The van der Waals surface area contributed by atoms with Crippen LogP contribution in [0.25, 0.3) is 11.4 Å². The molecule has 9 heteroatoms. The quantitative estimate of drug-likeness (QED) is 0.819. The van der Waals surface area contributed by atoms with E-state index in [-0.39, 0.29) is 24.8 Å². The van der Waals surface area contributed by atoms with Gasteiger partial charge in [-0.15, -0.1) is 0 Å². The summed E-state index contributed by atoms with van der Waals surface area (Å²) in [6, 6.07) is 6.43. The number of hydrogen-bond donors (Lipinski definition) is 1. The topological polar surface area (TPSA) is 66.0 Å². The number of halogens is 4. The normalized spacial score (nSPS) is 12.5. The van der Waals surface area contributed by atoms with E-state index in [9.17, 15) is 17.6 Å². The summed E-state index contributed by atoms with van der Waals surface area (Å²) >= 11 is 0. The van der Waals surface area contributed by atoms with Crippen LogP contribution < -0.4 is 10.5 Å². The lowest BCUT2D eigenvalue weighted by molar-refractivity contribution is -0.129. The first-order chi connectivity index (χ1) is 11.3. The van der Waals surface area contributed by atoms with Gasteiger partial charge >= 0.3 is 6.18 Å². The molecular formula is C15H16F4N4O. The van der Waals surface area contributed by atoms with Crippen molar-refractivity contribution in [3.63, 3.8) is 0 Å². The molecule has 0 bridgehead atoms. The molecule has 5 nitrogen and oxygen atoms in total. The minimum Gasteiger partial charge on any atom is -0.489 e. The zero-order valence-corrected chi connectivity index (χ0v) is 12.8. The van der Waals surface area contributed by atoms with Gasteiger partial charge in [-0.2, -0.15) is 18.3 Å². The molecule has 0 unspecified atom stereocenters. The average Bonchev–Trinajstić information content (AvgIpc) is 2.88. The maximum absolute atomic E-state index is 12.5. The lowest BCUT2D eigenvalue weighted by atomic mass is 10.2. The number of rotatable bonds is 6. The van der Waals surface area contributed by atoms with Crippen molar-refractivity contribution in [3.8, 4) is 17.1 Å². The van der Waals surface area contributed by atoms with Gasteiger partial charge in [-0.05, 0) is 24.3 Å². The number of aryl methyl sites for hydroxylation is 1. The molecule has 2 N–H and O–H groups in total. The van der Waals surface area contributed by atoms with Crippen molar-refractivity contribution >= 4 is 0 Å². The van der Waals surface area contributed by atoms with Gasteiger partial charge in [0.15, 0.2) is 5.82 Å². The Balaban J connectivity index is 2.09. The van der Waals surface area contributed by atoms with Crippen molar-refractivity contribution in [2.75, 3.05) is 13.2 Å². The van der Waals surface area contributed by atoms with Crippen LogP contribution >= 0.6 is 0 Å². The van der Waals surface area contributed by atoms with Crippen LogP contribution in [0.4, 0.5) is 17.6 Å². The maximum atomic E-state index is 12.5. The summed E-state index contributed by atoms with van der Waals surface area (Å²) in [5, 5.41) is 3.98. The minimum absolute atomic E-state index is 0.0178. The van der Waals surface area contributed by atoms with Crippen LogP contribution in [-0.4, -0.2) is 34.1 Å². The molecule has 0 aliphatic heterocycles. The van der Waals surface area contributed by atoms with Crippen LogP contribution in [0.2, 0.25) is 0 Å². The monoisotopic (exact) mass is 344 g/mol. The molecule has 24 heavy (non-hydrogen) atoms. The Hall–Kier alpha value is -2.42. The Bertz CT molecular complexity index is 707. The number of hydrogen-bond acceptors (Lipinski definition) is 4. The van der Waals surface area contributed by atoms with Crippen LogP contribution in [0, 0.1) is 0 Å². The van der Waals surface area contributed by atoms with E-state index in [1.165, 1.54) is 7.05 Å². The molecule has 2 aromatic rings. The van der Waals surface area contributed by atoms with Crippen molar-refractivity contribution in [1.29, 1.82) is 0 Å². The summed E-state index contributed by atoms with van der Waals surface area (Å²) in [5.41, 5.74) is 6.18. The molecule has 1 heterocycles. The Morgan fingerprint density at radius 1 is 1.29 bits per heavy atom. The van der Waals surface area contributed by atoms with Gasteiger partial charge in [0, 0.05) is 24.7 Å². The van der Waals surface area contributed by atoms with E-state index in [1.807, 2.05) is 0 Å². The third-order valence-electron chi connectivity index (χ3n) is 3.17. The van der Waals surface area contributed by atoms with Gasteiger partial charge in [0.25, 0.3) is 0 Å². The molecule has 0 saturated heterocycles. The highest BCUT2D eigenvalue weighted by Gasteiger charge is 2.30. The van der Waals surface area contributed by atoms with Crippen LogP contribution in [-0.2, 0) is 13.5 Å². The number of nitrogens with two attached hydrogens (primary N) is 1. The first-order valence-electron chi connectivity index (χ1n) is 7.00. The van der Waals surface area contributed by atoms with E-state index in [1.54, 1.807) is 24.3 Å². The van der Waals surface area contributed by atoms with Crippen LogP contribution in [0.1, 0.15) is 5.82 Å². The summed E-state index contributed by atoms with van der Waals surface area (Å²) in [4.78, 5) is 3.91. The van der Waals surface area contributed by atoms with Gasteiger partial charge in [0.1, 0.15) is 24.6 Å². The molecular weight excluding hydrogens is 328 g/mol. The minimum atomic E-state index is -4.35. The summed E-state index contributed by atoms with van der Waals surface area (Å²) in [6.07, 6.45) is -5.09. The van der Waals surface area contributed by atoms with Gasteiger partial charge < -0.3 is 10.5 Å². The van der Waals surface area contributed by atoms with Gasteiger partial charge in [-0.3, -0.25) is 4.68 Å². The van der Waals surface area contributed by atoms with Gasteiger partial charge in [-0.25, -0.2) is 9.37 Å². The number of ether oxygens (including phenoxy) is 1. The molecule has 0 aliphatic carbocycles. The van der Waals surface area contributed by atoms with E-state index >= 15 is 0 Å². The summed E-state index contributed by atoms with van der Waals surface area (Å²) in [6.45, 7) is 0.0678. The molecule has 0 amide bonds. The third-order valence-corrected chi connectivity index (χ3v) is 3.17. The molecule has 0 spiro atoms. The Labute approximate surface area is 135 Å². The fraction of sp³-hybridized carbons (Fsp3) is 0.333. The SMILES string of the molecule is Cn1nc(-c2ccc(OC/C(=C\F)CN)cc2)nc1CC(F)(F)F. The Morgan fingerprint density at radius 3 is 2.50 bits per heavy atom. The lowest BCUT2D eigenvalue weighted by Gasteiger charge is -2.07. The van der Waals surface area contributed by atoms with E-state index < -0.39 is 12.6 Å². The molecule has 0 radical (unpaired) electrons. The Kier molecular flexibility index (Phi) is 5.55. The second kappa shape index (κ2) is 7.43. The molecule has 1 aromatic heterocycles. The van der Waals surface area contributed by atoms with E-state index in [4.69, 9.17) is 10.5 Å². The van der Waals surface area contributed by atoms with Crippen molar-refractivity contribution < 1.29 is 22.3 Å². The fourth-order valence-electron chi connectivity index (χ4n) is 1.88. The first kappa shape index (κ1) is 17.9. The van der Waals surface area contributed by atoms with Crippen molar-refractivity contribution in [2.45, 2.75) is 12.6 Å². The third kappa shape index (κ3) is 4.79. The molecule has 0 fully saturated rings. The van der Waals surface area contributed by atoms with Crippen LogP contribution in [0.15, 0.2) is 36.2 Å². The van der Waals surface area contributed by atoms with E-state index in [0.717, 1.165) is 4.68 Å². The average molecular weight is 344 g/mol. The summed E-state index contributed by atoms with van der Waals surface area (Å²) in [7, 11) is 1.41. The predicted molar refractivity (Wildman–Crippen MR) is 79.9 cm³/mol. The number of benzene rings is 1. The number of alkyl halides is 3. The molecule has 0 atom stereocenters. The first-order valence-corrected chi connectivity index (χ1v) is 7.00. The zero-order chi connectivity index (χ0) is 17.7. The molecule has 0 saturated carbocycles. The van der Waals surface area contributed by atoms with Crippen LogP contribution in [0.5, 0.6) is 5.75 Å². The van der Waals surface area contributed by atoms with Crippen molar-refractivity contribution in [3.05, 3.63) is 42.0 Å². The van der Waals surface area contributed by atoms with E-state index in [2.05, 4.69) is 10.1 Å². The van der Waals surface area contributed by atoms with Gasteiger partial charge in [0.2, 0.25) is 0 Å². The lowest BCUT2D eigenvalue weighted by Crippen LogP contribution is -2.15.